The van der Waals surface area contributed by atoms with Crippen LogP contribution in [0.25, 0.3) is 0 Å². The highest BCUT2D eigenvalue weighted by Crippen LogP contribution is 2.32. The fourth-order valence-electron chi connectivity index (χ4n) is 2.64. The molecule has 1 aromatic carbocycles. The van der Waals surface area contributed by atoms with Gasteiger partial charge in [0.05, 0.1) is 11.0 Å². The van der Waals surface area contributed by atoms with Crippen molar-refractivity contribution in [2.45, 2.75) is 32.7 Å². The van der Waals surface area contributed by atoms with Crippen LogP contribution in [0.2, 0.25) is 0 Å². The first-order chi connectivity index (χ1) is 8.49. The van der Waals surface area contributed by atoms with Gasteiger partial charge in [0, 0.05) is 24.3 Å². The maximum absolute atomic E-state index is 13.4. The van der Waals surface area contributed by atoms with E-state index in [1.165, 1.54) is 12.1 Å². The Morgan fingerprint density at radius 1 is 1.44 bits per heavy atom. The van der Waals surface area contributed by atoms with Gasteiger partial charge in [-0.05, 0) is 24.8 Å². The second-order valence-electron chi connectivity index (χ2n) is 5.07. The Balaban J connectivity index is 2.35. The molecule has 0 aliphatic carbocycles. The van der Waals surface area contributed by atoms with E-state index in [1.54, 1.807) is 0 Å². The van der Waals surface area contributed by atoms with E-state index in [0.717, 1.165) is 25.5 Å². The summed E-state index contributed by atoms with van der Waals surface area (Å²) in [4.78, 5) is 12.3. The van der Waals surface area contributed by atoms with Crippen LogP contribution in [0, 0.1) is 21.8 Å². The van der Waals surface area contributed by atoms with Crippen molar-refractivity contribution in [1.29, 1.82) is 0 Å². The van der Waals surface area contributed by atoms with E-state index in [-0.39, 0.29) is 5.69 Å². The lowest BCUT2D eigenvalue weighted by molar-refractivity contribution is -0.385. The van der Waals surface area contributed by atoms with Gasteiger partial charge in [-0.3, -0.25) is 10.1 Å². The van der Waals surface area contributed by atoms with Gasteiger partial charge in [0.1, 0.15) is 5.82 Å². The smallest absolute Gasteiger partial charge is 0.274 e. The van der Waals surface area contributed by atoms with Crippen LogP contribution in [0.3, 0.4) is 0 Å². The van der Waals surface area contributed by atoms with E-state index in [1.807, 2.05) is 0 Å². The highest BCUT2D eigenvalue weighted by atomic mass is 19.1. The summed E-state index contributed by atoms with van der Waals surface area (Å²) in [5, 5.41) is 10.8. The van der Waals surface area contributed by atoms with Crippen molar-refractivity contribution in [2.75, 3.05) is 11.4 Å². The third-order valence-corrected chi connectivity index (χ3v) is 3.48. The zero-order valence-corrected chi connectivity index (χ0v) is 10.6. The Bertz CT molecular complexity index is 462. The molecule has 1 aliphatic rings. The van der Waals surface area contributed by atoms with Gasteiger partial charge in [-0.1, -0.05) is 13.8 Å². The van der Waals surface area contributed by atoms with Crippen molar-refractivity contribution >= 4 is 11.4 Å². The van der Waals surface area contributed by atoms with E-state index in [4.69, 9.17) is 0 Å². The zero-order chi connectivity index (χ0) is 13.3. The van der Waals surface area contributed by atoms with Crippen LogP contribution in [-0.2, 0) is 0 Å². The molecule has 1 unspecified atom stereocenters. The molecule has 0 spiro atoms. The van der Waals surface area contributed by atoms with E-state index in [0.29, 0.717) is 17.6 Å². The van der Waals surface area contributed by atoms with Gasteiger partial charge in [0.25, 0.3) is 5.69 Å². The van der Waals surface area contributed by atoms with Crippen molar-refractivity contribution in [2.24, 2.45) is 5.92 Å². The largest absolute Gasteiger partial charge is 0.368 e. The second kappa shape index (κ2) is 4.92. The van der Waals surface area contributed by atoms with Gasteiger partial charge in [-0.15, -0.1) is 0 Å². The maximum Gasteiger partial charge on any atom is 0.274 e. The van der Waals surface area contributed by atoms with Crippen LogP contribution in [-0.4, -0.2) is 17.5 Å². The number of rotatable bonds is 3. The summed E-state index contributed by atoms with van der Waals surface area (Å²) in [6, 6.07) is 4.15. The molecule has 0 aromatic heterocycles. The molecule has 0 N–H and O–H groups in total. The molecule has 1 heterocycles. The van der Waals surface area contributed by atoms with Crippen LogP contribution in [0.4, 0.5) is 15.8 Å². The normalized spacial score (nSPS) is 19.6. The summed E-state index contributed by atoms with van der Waals surface area (Å²) in [6.45, 7) is 5.08. The Morgan fingerprint density at radius 3 is 2.78 bits per heavy atom. The molecule has 0 saturated carbocycles. The molecule has 0 amide bonds. The number of benzene rings is 1. The first-order valence-corrected chi connectivity index (χ1v) is 6.20. The quantitative estimate of drug-likeness (QED) is 0.612. The van der Waals surface area contributed by atoms with Gasteiger partial charge in [0.15, 0.2) is 0 Å². The lowest BCUT2D eigenvalue weighted by Crippen LogP contribution is -2.33. The van der Waals surface area contributed by atoms with Gasteiger partial charge in [-0.2, -0.15) is 0 Å². The highest BCUT2D eigenvalue weighted by molar-refractivity contribution is 5.55. The van der Waals surface area contributed by atoms with Crippen LogP contribution < -0.4 is 4.90 Å². The minimum atomic E-state index is -0.549. The summed E-state index contributed by atoms with van der Waals surface area (Å²) in [6.07, 6.45) is 2.11. The van der Waals surface area contributed by atoms with Gasteiger partial charge in [0.2, 0.25) is 0 Å². The molecular formula is C13H17FN2O2. The molecule has 2 rings (SSSR count). The third kappa shape index (κ3) is 2.44. The van der Waals surface area contributed by atoms with Gasteiger partial charge < -0.3 is 4.90 Å². The molecule has 18 heavy (non-hydrogen) atoms. The molecule has 4 nitrogen and oxygen atoms in total. The molecule has 1 atom stereocenters. The molecule has 1 aliphatic heterocycles. The van der Waals surface area contributed by atoms with Gasteiger partial charge in [-0.25, -0.2) is 4.39 Å². The number of nitro benzene ring substituents is 1. The van der Waals surface area contributed by atoms with Crippen molar-refractivity contribution in [1.82, 2.24) is 0 Å². The number of hydrogen-bond donors (Lipinski definition) is 0. The van der Waals surface area contributed by atoms with E-state index < -0.39 is 10.7 Å². The topological polar surface area (TPSA) is 46.4 Å². The maximum atomic E-state index is 13.4. The minimum Gasteiger partial charge on any atom is -0.368 e. The average Bonchev–Trinajstić information content (AvgIpc) is 2.76. The average molecular weight is 252 g/mol. The summed E-state index contributed by atoms with van der Waals surface area (Å²) in [5.41, 5.74) is 0.442. The van der Waals surface area contributed by atoms with Crippen molar-refractivity contribution in [3.05, 3.63) is 34.1 Å². The monoisotopic (exact) mass is 252 g/mol. The lowest BCUT2D eigenvalue weighted by Gasteiger charge is -2.29. The fraction of sp³-hybridized carbons (Fsp3) is 0.538. The van der Waals surface area contributed by atoms with E-state index in [9.17, 15) is 14.5 Å². The minimum absolute atomic E-state index is 0.181. The van der Waals surface area contributed by atoms with E-state index in [2.05, 4.69) is 18.7 Å². The van der Waals surface area contributed by atoms with Crippen molar-refractivity contribution in [3.63, 3.8) is 0 Å². The standard InChI is InChI=1S/C13H17FN2O2/c1-9(2)13-4-3-5-15(13)11-6-10(14)7-12(8-11)16(17)18/h6-9,13H,3-5H2,1-2H3. The molecule has 1 aromatic rings. The van der Waals surface area contributed by atoms with Gasteiger partial charge >= 0.3 is 0 Å². The summed E-state index contributed by atoms with van der Waals surface area (Å²) >= 11 is 0. The Hall–Kier alpha value is -1.65. The van der Waals surface area contributed by atoms with Crippen molar-refractivity contribution in [3.8, 4) is 0 Å². The molecule has 0 bridgehead atoms. The number of anilines is 1. The summed E-state index contributed by atoms with van der Waals surface area (Å²) < 4.78 is 13.4. The first-order valence-electron chi connectivity index (χ1n) is 6.20. The number of hydrogen-bond acceptors (Lipinski definition) is 3. The molecule has 1 saturated heterocycles. The Kier molecular flexibility index (Phi) is 3.50. The Labute approximate surface area is 106 Å². The van der Waals surface area contributed by atoms with E-state index >= 15 is 0 Å². The lowest BCUT2D eigenvalue weighted by atomic mass is 10.0. The summed E-state index contributed by atoms with van der Waals surface area (Å²) in [7, 11) is 0. The first kappa shape index (κ1) is 12.8. The number of nitrogens with zero attached hydrogens (tertiary/aromatic N) is 2. The highest BCUT2D eigenvalue weighted by Gasteiger charge is 2.28. The molecule has 5 heteroatoms. The SMILES string of the molecule is CC(C)C1CCCN1c1cc(F)cc([N+](=O)[O-])c1. The van der Waals surface area contributed by atoms with Crippen LogP contribution >= 0.6 is 0 Å². The van der Waals surface area contributed by atoms with Crippen LogP contribution in [0.5, 0.6) is 0 Å². The predicted molar refractivity (Wildman–Crippen MR) is 68.3 cm³/mol. The number of halogens is 1. The number of non-ortho nitro benzene ring substituents is 1. The van der Waals surface area contributed by atoms with Crippen LogP contribution in [0.1, 0.15) is 26.7 Å². The molecule has 1 fully saturated rings. The van der Waals surface area contributed by atoms with Crippen molar-refractivity contribution < 1.29 is 9.31 Å². The Morgan fingerprint density at radius 2 is 2.17 bits per heavy atom. The fourth-order valence-corrected chi connectivity index (χ4v) is 2.64. The summed E-state index contributed by atoms with van der Waals surface area (Å²) in [5.74, 6) is -0.0940. The molecule has 0 radical (unpaired) electrons. The predicted octanol–water partition coefficient (Wildman–Crippen LogP) is 3.36. The second-order valence-corrected chi connectivity index (χ2v) is 5.07. The number of nitro groups is 1. The third-order valence-electron chi connectivity index (χ3n) is 3.48. The molecule has 98 valence electrons. The molecular weight excluding hydrogens is 235 g/mol. The van der Waals surface area contributed by atoms with Crippen LogP contribution in [0.15, 0.2) is 18.2 Å². The zero-order valence-electron chi connectivity index (χ0n) is 10.6.